The molecule has 1 heterocycles. The lowest BCUT2D eigenvalue weighted by molar-refractivity contribution is -0.133. The van der Waals surface area contributed by atoms with E-state index in [4.69, 9.17) is 4.74 Å². The summed E-state index contributed by atoms with van der Waals surface area (Å²) in [5.74, 6) is -0.580. The SMILES string of the molecule is COc1ccc(C(C#N)N2CCNCC2=O)cc1F. The molecule has 19 heavy (non-hydrogen) atoms. The summed E-state index contributed by atoms with van der Waals surface area (Å²) in [7, 11) is 1.37. The normalized spacial score (nSPS) is 16.9. The third-order valence-corrected chi connectivity index (χ3v) is 3.05. The average molecular weight is 263 g/mol. The van der Waals surface area contributed by atoms with Crippen molar-refractivity contribution in [3.8, 4) is 11.8 Å². The number of hydrogen-bond acceptors (Lipinski definition) is 4. The fourth-order valence-corrected chi connectivity index (χ4v) is 2.07. The van der Waals surface area contributed by atoms with Gasteiger partial charge in [0.1, 0.15) is 6.04 Å². The number of halogens is 1. The fourth-order valence-electron chi connectivity index (χ4n) is 2.07. The van der Waals surface area contributed by atoms with E-state index in [9.17, 15) is 14.4 Å². The second-order valence-corrected chi connectivity index (χ2v) is 4.19. The zero-order valence-electron chi connectivity index (χ0n) is 10.5. The molecule has 0 spiro atoms. The highest BCUT2D eigenvalue weighted by molar-refractivity contribution is 5.79. The number of nitrogens with zero attached hydrogens (tertiary/aromatic N) is 2. The van der Waals surface area contributed by atoms with Crippen LogP contribution >= 0.6 is 0 Å². The Kier molecular flexibility index (Phi) is 3.97. The van der Waals surface area contributed by atoms with Gasteiger partial charge in [-0.3, -0.25) is 4.79 Å². The van der Waals surface area contributed by atoms with Gasteiger partial charge < -0.3 is 15.0 Å². The van der Waals surface area contributed by atoms with Crippen molar-refractivity contribution in [1.82, 2.24) is 10.2 Å². The molecular formula is C13H14FN3O2. The number of carbonyl (C=O) groups is 1. The quantitative estimate of drug-likeness (QED) is 0.877. The Morgan fingerprint density at radius 3 is 2.95 bits per heavy atom. The summed E-state index contributed by atoms with van der Waals surface area (Å²) in [6, 6.07) is 5.58. The van der Waals surface area contributed by atoms with Gasteiger partial charge in [-0.15, -0.1) is 0 Å². The smallest absolute Gasteiger partial charge is 0.237 e. The second kappa shape index (κ2) is 5.67. The van der Waals surface area contributed by atoms with Crippen molar-refractivity contribution in [2.75, 3.05) is 26.7 Å². The number of amides is 1. The molecule has 1 saturated heterocycles. The zero-order valence-corrected chi connectivity index (χ0v) is 10.5. The van der Waals surface area contributed by atoms with E-state index >= 15 is 0 Å². The van der Waals surface area contributed by atoms with Crippen LogP contribution in [0.4, 0.5) is 4.39 Å². The highest BCUT2D eigenvalue weighted by Gasteiger charge is 2.27. The second-order valence-electron chi connectivity index (χ2n) is 4.19. The first-order valence-corrected chi connectivity index (χ1v) is 5.90. The van der Waals surface area contributed by atoms with Crippen LogP contribution in [-0.2, 0) is 4.79 Å². The molecular weight excluding hydrogens is 249 g/mol. The Hall–Kier alpha value is -2.13. The van der Waals surface area contributed by atoms with Crippen LogP contribution in [0.25, 0.3) is 0 Å². The molecule has 100 valence electrons. The van der Waals surface area contributed by atoms with Gasteiger partial charge in [0.15, 0.2) is 11.6 Å². The van der Waals surface area contributed by atoms with Crippen LogP contribution in [0.2, 0.25) is 0 Å². The molecule has 1 atom stereocenters. The van der Waals surface area contributed by atoms with Crippen LogP contribution in [-0.4, -0.2) is 37.6 Å². The van der Waals surface area contributed by atoms with Gasteiger partial charge in [-0.2, -0.15) is 5.26 Å². The van der Waals surface area contributed by atoms with E-state index in [1.54, 1.807) is 6.07 Å². The van der Waals surface area contributed by atoms with Crippen molar-refractivity contribution >= 4 is 5.91 Å². The number of nitrogens with one attached hydrogen (secondary N) is 1. The number of benzene rings is 1. The molecule has 1 aromatic carbocycles. The predicted molar refractivity (Wildman–Crippen MR) is 65.9 cm³/mol. The molecule has 0 radical (unpaired) electrons. The lowest BCUT2D eigenvalue weighted by atomic mass is 10.1. The monoisotopic (exact) mass is 263 g/mol. The molecule has 0 saturated carbocycles. The van der Waals surface area contributed by atoms with Crippen molar-refractivity contribution in [1.29, 1.82) is 5.26 Å². The lowest BCUT2D eigenvalue weighted by Crippen LogP contribution is -2.49. The average Bonchev–Trinajstić information content (AvgIpc) is 2.42. The first kappa shape index (κ1) is 13.3. The minimum absolute atomic E-state index is 0.118. The van der Waals surface area contributed by atoms with E-state index in [2.05, 4.69) is 11.4 Å². The van der Waals surface area contributed by atoms with Gasteiger partial charge in [-0.25, -0.2) is 4.39 Å². The third kappa shape index (κ3) is 2.66. The molecule has 0 aliphatic carbocycles. The summed E-state index contributed by atoms with van der Waals surface area (Å²) >= 11 is 0. The highest BCUT2D eigenvalue weighted by atomic mass is 19.1. The van der Waals surface area contributed by atoms with Gasteiger partial charge >= 0.3 is 0 Å². The van der Waals surface area contributed by atoms with E-state index in [1.807, 2.05) is 0 Å². The number of nitriles is 1. The molecule has 1 aromatic rings. The van der Waals surface area contributed by atoms with E-state index in [1.165, 1.54) is 24.1 Å². The number of carbonyl (C=O) groups excluding carboxylic acids is 1. The van der Waals surface area contributed by atoms with Gasteiger partial charge in [-0.05, 0) is 17.7 Å². The maximum Gasteiger partial charge on any atom is 0.237 e. The standard InChI is InChI=1S/C13H14FN3O2/c1-19-12-3-2-9(6-10(12)14)11(7-15)17-5-4-16-8-13(17)18/h2-3,6,11,16H,4-5,8H2,1H3. The lowest BCUT2D eigenvalue weighted by Gasteiger charge is -2.31. The maximum absolute atomic E-state index is 13.7. The molecule has 2 rings (SSSR count). The Bertz CT molecular complexity index is 527. The topological polar surface area (TPSA) is 65.4 Å². The summed E-state index contributed by atoms with van der Waals surface area (Å²) in [4.78, 5) is 13.2. The number of methoxy groups -OCH3 is 1. The molecule has 1 N–H and O–H groups in total. The van der Waals surface area contributed by atoms with Crippen LogP contribution in [0.5, 0.6) is 5.75 Å². The Labute approximate surface area is 110 Å². The van der Waals surface area contributed by atoms with Crippen molar-refractivity contribution in [2.24, 2.45) is 0 Å². The summed E-state index contributed by atoms with van der Waals surface area (Å²) < 4.78 is 18.5. The predicted octanol–water partition coefficient (Wildman–Crippen LogP) is 0.831. The van der Waals surface area contributed by atoms with Gasteiger partial charge in [0.2, 0.25) is 5.91 Å². The summed E-state index contributed by atoms with van der Waals surface area (Å²) in [6.45, 7) is 1.27. The van der Waals surface area contributed by atoms with Gasteiger partial charge in [0.05, 0.1) is 19.7 Å². The molecule has 1 amide bonds. The van der Waals surface area contributed by atoms with Crippen LogP contribution in [0, 0.1) is 17.1 Å². The van der Waals surface area contributed by atoms with Crippen LogP contribution < -0.4 is 10.1 Å². The Balaban J connectivity index is 2.29. The first-order chi connectivity index (χ1) is 9.17. The van der Waals surface area contributed by atoms with E-state index in [0.29, 0.717) is 18.7 Å². The molecule has 0 bridgehead atoms. The fraction of sp³-hybridized carbons (Fsp3) is 0.385. The van der Waals surface area contributed by atoms with Crippen LogP contribution in [0.15, 0.2) is 18.2 Å². The zero-order chi connectivity index (χ0) is 13.8. The molecule has 1 aliphatic rings. The Morgan fingerprint density at radius 2 is 2.37 bits per heavy atom. The van der Waals surface area contributed by atoms with Crippen LogP contribution in [0.1, 0.15) is 11.6 Å². The Morgan fingerprint density at radius 1 is 1.58 bits per heavy atom. The summed E-state index contributed by atoms with van der Waals surface area (Å²) in [5, 5.41) is 12.2. The van der Waals surface area contributed by atoms with E-state index in [0.717, 1.165) is 0 Å². The largest absolute Gasteiger partial charge is 0.494 e. The minimum atomic E-state index is -0.769. The van der Waals surface area contributed by atoms with Crippen molar-refractivity contribution in [3.63, 3.8) is 0 Å². The molecule has 6 heteroatoms. The summed E-state index contributed by atoms with van der Waals surface area (Å²) in [6.07, 6.45) is 0. The van der Waals surface area contributed by atoms with Crippen molar-refractivity contribution in [2.45, 2.75) is 6.04 Å². The molecule has 5 nitrogen and oxygen atoms in total. The molecule has 1 unspecified atom stereocenters. The van der Waals surface area contributed by atoms with Gasteiger partial charge in [-0.1, -0.05) is 6.07 Å². The highest BCUT2D eigenvalue weighted by Crippen LogP contribution is 2.25. The number of rotatable bonds is 3. The number of hydrogen-bond donors (Lipinski definition) is 1. The van der Waals surface area contributed by atoms with Crippen LogP contribution in [0.3, 0.4) is 0 Å². The van der Waals surface area contributed by atoms with Gasteiger partial charge in [0, 0.05) is 13.1 Å². The minimum Gasteiger partial charge on any atom is -0.494 e. The summed E-state index contributed by atoms with van der Waals surface area (Å²) in [5.41, 5.74) is 0.455. The first-order valence-electron chi connectivity index (χ1n) is 5.90. The van der Waals surface area contributed by atoms with Crippen molar-refractivity contribution < 1.29 is 13.9 Å². The maximum atomic E-state index is 13.7. The molecule has 1 fully saturated rings. The van der Waals surface area contributed by atoms with Gasteiger partial charge in [0.25, 0.3) is 0 Å². The van der Waals surface area contributed by atoms with Crippen molar-refractivity contribution in [3.05, 3.63) is 29.6 Å². The number of piperazine rings is 1. The van der Waals surface area contributed by atoms with E-state index in [-0.39, 0.29) is 18.2 Å². The van der Waals surface area contributed by atoms with E-state index < -0.39 is 11.9 Å². The number of ether oxygens (including phenoxy) is 1. The third-order valence-electron chi connectivity index (χ3n) is 3.05. The molecule has 1 aliphatic heterocycles. The molecule has 0 aromatic heterocycles.